The lowest BCUT2D eigenvalue weighted by atomic mass is 9.97. The van der Waals surface area contributed by atoms with Crippen LogP contribution in [0.2, 0.25) is 5.02 Å². The molecule has 2 heterocycles. The largest absolute Gasteiger partial charge is 0.439 e. The summed E-state index contributed by atoms with van der Waals surface area (Å²) < 4.78 is 32.3. The summed E-state index contributed by atoms with van der Waals surface area (Å²) in [7, 11) is -3.60. The Morgan fingerprint density at radius 3 is 2.75 bits per heavy atom. The van der Waals surface area contributed by atoms with Crippen molar-refractivity contribution in [1.29, 1.82) is 0 Å². The predicted molar refractivity (Wildman–Crippen MR) is 95.4 cm³/mol. The molecule has 2 aromatic rings. The zero-order valence-electron chi connectivity index (χ0n) is 14.2. The monoisotopic (exact) mass is 370 g/mol. The van der Waals surface area contributed by atoms with Crippen molar-refractivity contribution in [3.63, 3.8) is 0 Å². The van der Waals surface area contributed by atoms with E-state index in [1.54, 1.807) is 12.1 Å². The summed E-state index contributed by atoms with van der Waals surface area (Å²) >= 11 is 6.28. The van der Waals surface area contributed by atoms with Gasteiger partial charge >= 0.3 is 0 Å². The summed E-state index contributed by atoms with van der Waals surface area (Å²) in [6.45, 7) is 7.21. The van der Waals surface area contributed by atoms with E-state index >= 15 is 0 Å². The Morgan fingerprint density at radius 2 is 2.04 bits per heavy atom. The van der Waals surface area contributed by atoms with Gasteiger partial charge in [-0.15, -0.1) is 0 Å². The van der Waals surface area contributed by atoms with Crippen molar-refractivity contribution in [1.82, 2.24) is 10.3 Å². The number of nitrogens with zero attached hydrogens (tertiary/aromatic N) is 1. The normalized spacial score (nSPS) is 20.2. The molecule has 1 atom stereocenters. The van der Waals surface area contributed by atoms with Gasteiger partial charge in [-0.25, -0.2) is 13.4 Å². The van der Waals surface area contributed by atoms with Crippen LogP contribution in [-0.4, -0.2) is 31.7 Å². The maximum absolute atomic E-state index is 13.2. The minimum absolute atomic E-state index is 0.0818. The van der Waals surface area contributed by atoms with E-state index in [1.165, 1.54) is 0 Å². The van der Waals surface area contributed by atoms with E-state index in [1.807, 2.05) is 20.8 Å². The maximum atomic E-state index is 13.2. The zero-order valence-corrected chi connectivity index (χ0v) is 15.8. The molecule has 3 rings (SSSR count). The molecule has 0 bridgehead atoms. The second-order valence-electron chi connectivity index (χ2n) is 7.36. The van der Waals surface area contributed by atoms with Gasteiger partial charge in [0.25, 0.3) is 0 Å². The second kappa shape index (κ2) is 6.32. The molecular formula is C17H23ClN2O3S. The van der Waals surface area contributed by atoms with E-state index in [2.05, 4.69) is 10.3 Å². The first-order chi connectivity index (χ1) is 11.2. The molecule has 1 aromatic carbocycles. The Labute approximate surface area is 147 Å². The van der Waals surface area contributed by atoms with E-state index in [9.17, 15) is 8.42 Å². The fourth-order valence-electron chi connectivity index (χ4n) is 2.95. The van der Waals surface area contributed by atoms with Crippen LogP contribution < -0.4 is 5.32 Å². The first kappa shape index (κ1) is 17.7. The van der Waals surface area contributed by atoms with E-state index in [-0.39, 0.29) is 20.9 Å². The summed E-state index contributed by atoms with van der Waals surface area (Å²) in [5, 5.41) is 2.91. The van der Waals surface area contributed by atoms with Gasteiger partial charge in [-0.05, 0) is 31.5 Å². The number of halogens is 1. The molecule has 24 heavy (non-hydrogen) atoms. The van der Waals surface area contributed by atoms with Gasteiger partial charge in [-0.2, -0.15) is 0 Å². The first-order valence-electron chi connectivity index (χ1n) is 8.25. The van der Waals surface area contributed by atoms with E-state index in [0.29, 0.717) is 24.4 Å². The number of nitrogens with one attached hydrogen (secondary N) is 1. The third kappa shape index (κ3) is 3.19. The van der Waals surface area contributed by atoms with Gasteiger partial charge in [0.15, 0.2) is 15.4 Å². The Bertz CT molecular complexity index is 845. The van der Waals surface area contributed by atoms with Gasteiger partial charge in [0.1, 0.15) is 10.4 Å². The minimum Gasteiger partial charge on any atom is -0.439 e. The van der Waals surface area contributed by atoms with E-state index < -0.39 is 15.1 Å². The van der Waals surface area contributed by atoms with Crippen molar-refractivity contribution in [2.45, 2.75) is 55.6 Å². The van der Waals surface area contributed by atoms with Crippen molar-refractivity contribution >= 4 is 32.5 Å². The van der Waals surface area contributed by atoms with Crippen molar-refractivity contribution in [2.75, 3.05) is 13.1 Å². The fourth-order valence-corrected chi connectivity index (χ4v) is 5.31. The molecule has 0 amide bonds. The quantitative estimate of drug-likeness (QED) is 0.872. The average Bonchev–Trinajstić information content (AvgIpc) is 2.73. The number of rotatable bonds is 2. The third-order valence-electron chi connectivity index (χ3n) is 4.33. The number of benzene rings is 1. The van der Waals surface area contributed by atoms with Gasteiger partial charge < -0.3 is 9.73 Å². The van der Waals surface area contributed by atoms with Crippen molar-refractivity contribution in [2.24, 2.45) is 0 Å². The highest BCUT2D eigenvalue weighted by Gasteiger charge is 2.34. The zero-order chi connectivity index (χ0) is 17.5. The van der Waals surface area contributed by atoms with Crippen LogP contribution in [0, 0.1) is 0 Å². The van der Waals surface area contributed by atoms with Crippen LogP contribution >= 0.6 is 11.6 Å². The smallest absolute Gasteiger partial charge is 0.200 e. The molecule has 0 saturated carbocycles. The molecular weight excluding hydrogens is 348 g/mol. The van der Waals surface area contributed by atoms with E-state index in [4.69, 9.17) is 16.0 Å². The Balaban J connectivity index is 2.17. The summed E-state index contributed by atoms with van der Waals surface area (Å²) in [4.78, 5) is 4.54. The SMILES string of the molecule is CC(C)(C)c1nc2ccc(Cl)c(S(=O)(=O)C3CCCCNC3)c2o1. The fraction of sp³-hybridized carbons (Fsp3) is 0.588. The molecule has 1 saturated heterocycles. The highest BCUT2D eigenvalue weighted by Crippen LogP contribution is 2.36. The first-order valence-corrected chi connectivity index (χ1v) is 10.2. The van der Waals surface area contributed by atoms with Crippen molar-refractivity contribution in [3.8, 4) is 0 Å². The molecule has 5 nitrogen and oxygen atoms in total. The predicted octanol–water partition coefficient (Wildman–Crippen LogP) is 3.69. The Morgan fingerprint density at radius 1 is 1.29 bits per heavy atom. The minimum atomic E-state index is -3.60. The molecule has 1 unspecified atom stereocenters. The van der Waals surface area contributed by atoms with Crippen LogP contribution in [0.15, 0.2) is 21.4 Å². The summed E-state index contributed by atoms with van der Waals surface area (Å²) in [5.41, 5.74) is 0.497. The summed E-state index contributed by atoms with van der Waals surface area (Å²) in [6.07, 6.45) is 2.50. The van der Waals surface area contributed by atoms with Gasteiger partial charge in [-0.3, -0.25) is 0 Å². The van der Waals surface area contributed by atoms with Crippen molar-refractivity contribution < 1.29 is 12.8 Å². The molecule has 0 aliphatic carbocycles. The molecule has 1 fully saturated rings. The summed E-state index contributed by atoms with van der Waals surface area (Å²) in [5.74, 6) is 0.509. The number of hydrogen-bond donors (Lipinski definition) is 1. The molecule has 0 radical (unpaired) electrons. The molecule has 132 valence electrons. The molecule has 7 heteroatoms. The maximum Gasteiger partial charge on any atom is 0.200 e. The Hall–Kier alpha value is -1.11. The third-order valence-corrected chi connectivity index (χ3v) is 7.01. The van der Waals surface area contributed by atoms with Gasteiger partial charge in [0, 0.05) is 12.0 Å². The van der Waals surface area contributed by atoms with E-state index in [0.717, 1.165) is 19.4 Å². The molecule has 1 aliphatic heterocycles. The molecule has 1 aromatic heterocycles. The summed E-state index contributed by atoms with van der Waals surface area (Å²) in [6, 6.07) is 3.30. The Kier molecular flexibility index (Phi) is 4.66. The molecule has 1 aliphatic rings. The highest BCUT2D eigenvalue weighted by molar-refractivity contribution is 7.92. The van der Waals surface area contributed by atoms with Crippen LogP contribution in [0.25, 0.3) is 11.1 Å². The number of aromatic nitrogens is 1. The number of oxazole rings is 1. The second-order valence-corrected chi connectivity index (χ2v) is 9.93. The standard InChI is InChI=1S/C17H23ClN2O3S/c1-17(2,3)16-20-13-8-7-12(18)15(14(13)23-16)24(21,22)11-6-4-5-9-19-10-11/h7-8,11,19H,4-6,9-10H2,1-3H3. The van der Waals surface area contributed by atoms with Gasteiger partial charge in [0.05, 0.1) is 10.3 Å². The lowest BCUT2D eigenvalue weighted by Crippen LogP contribution is -2.32. The molecule has 0 spiro atoms. The van der Waals surface area contributed by atoms with Crippen LogP contribution in [0.5, 0.6) is 0 Å². The van der Waals surface area contributed by atoms with Crippen LogP contribution in [0.3, 0.4) is 0 Å². The number of sulfone groups is 1. The van der Waals surface area contributed by atoms with Gasteiger partial charge in [0.2, 0.25) is 5.89 Å². The topological polar surface area (TPSA) is 72.2 Å². The van der Waals surface area contributed by atoms with Crippen LogP contribution in [-0.2, 0) is 15.3 Å². The number of hydrogen-bond acceptors (Lipinski definition) is 5. The highest BCUT2D eigenvalue weighted by atomic mass is 35.5. The lowest BCUT2D eigenvalue weighted by Gasteiger charge is -2.16. The lowest BCUT2D eigenvalue weighted by molar-refractivity contribution is 0.408. The van der Waals surface area contributed by atoms with Crippen LogP contribution in [0.4, 0.5) is 0 Å². The van der Waals surface area contributed by atoms with Crippen LogP contribution in [0.1, 0.15) is 45.9 Å². The van der Waals surface area contributed by atoms with Gasteiger partial charge in [-0.1, -0.05) is 38.8 Å². The van der Waals surface area contributed by atoms with Crippen molar-refractivity contribution in [3.05, 3.63) is 23.0 Å². The number of fused-ring (bicyclic) bond motifs is 1. The molecule has 1 N–H and O–H groups in total. The average molecular weight is 371 g/mol.